The predicted octanol–water partition coefficient (Wildman–Crippen LogP) is 3.36. The van der Waals surface area contributed by atoms with E-state index in [-0.39, 0.29) is 0 Å². The fourth-order valence-electron chi connectivity index (χ4n) is 1.84. The average molecular weight is 234 g/mol. The first kappa shape index (κ1) is 11.3. The van der Waals surface area contributed by atoms with Crippen molar-refractivity contribution in [3.8, 4) is 0 Å². The molecule has 16 heavy (non-hydrogen) atoms. The fourth-order valence-corrected chi connectivity index (χ4v) is 2.34. The van der Waals surface area contributed by atoms with Gasteiger partial charge in [-0.2, -0.15) is 0 Å². The van der Waals surface area contributed by atoms with Crippen LogP contribution in [0.2, 0.25) is 0 Å². The Morgan fingerprint density at radius 2 is 1.94 bits per heavy atom. The Bertz CT molecular complexity index is 446. The third kappa shape index (κ3) is 2.68. The van der Waals surface area contributed by atoms with Gasteiger partial charge in [-0.15, -0.1) is 0 Å². The minimum absolute atomic E-state index is 0.524. The maximum atomic E-state index is 11.1. The van der Waals surface area contributed by atoms with E-state index >= 15 is 0 Å². The maximum Gasteiger partial charge on any atom is 0.186 e. The number of allylic oxidation sites excluding steroid dienone is 3. The molecule has 1 aromatic rings. The van der Waals surface area contributed by atoms with Crippen molar-refractivity contribution in [1.82, 2.24) is 0 Å². The molecule has 0 spiro atoms. The molecule has 0 fully saturated rings. The lowest BCUT2D eigenvalue weighted by Crippen LogP contribution is -1.90. The van der Waals surface area contributed by atoms with E-state index in [1.54, 1.807) is 0 Å². The second kappa shape index (κ2) is 5.23. The molecule has 3 heteroatoms. The molecule has 0 heterocycles. The van der Waals surface area contributed by atoms with E-state index in [1.807, 2.05) is 42.5 Å². The summed E-state index contributed by atoms with van der Waals surface area (Å²) in [7, 11) is 0. The number of hydrogen-bond acceptors (Lipinski definition) is 1. The summed E-state index contributed by atoms with van der Waals surface area (Å²) in [5, 5.41) is 0. The zero-order valence-corrected chi connectivity index (χ0v) is 9.74. The van der Waals surface area contributed by atoms with Crippen LogP contribution in [-0.2, 0) is 11.1 Å². The standard InChI is InChI=1S/C13H14O2S/c14-16(15)13-9-5-4-8-12(10-13)11-6-2-1-3-7-11/h1-3,6-7,9-10H,4-5,8H2,(H,14,15). The van der Waals surface area contributed by atoms with Gasteiger partial charge in [-0.3, -0.25) is 0 Å². The summed E-state index contributed by atoms with van der Waals surface area (Å²) >= 11 is -1.87. The predicted molar refractivity (Wildman–Crippen MR) is 67.1 cm³/mol. The van der Waals surface area contributed by atoms with Gasteiger partial charge in [-0.05, 0) is 36.5 Å². The van der Waals surface area contributed by atoms with Crippen LogP contribution in [0.25, 0.3) is 5.57 Å². The van der Waals surface area contributed by atoms with Gasteiger partial charge in [-0.1, -0.05) is 36.4 Å². The summed E-state index contributed by atoms with van der Waals surface area (Å²) in [6.45, 7) is 0. The zero-order chi connectivity index (χ0) is 11.4. The van der Waals surface area contributed by atoms with Crippen LogP contribution in [0.4, 0.5) is 0 Å². The van der Waals surface area contributed by atoms with Crippen LogP contribution >= 0.6 is 0 Å². The average Bonchev–Trinajstić information content (AvgIpc) is 2.56. The maximum absolute atomic E-state index is 11.1. The quantitative estimate of drug-likeness (QED) is 0.797. The van der Waals surface area contributed by atoms with E-state index in [1.165, 1.54) is 0 Å². The van der Waals surface area contributed by atoms with Crippen molar-refractivity contribution < 1.29 is 8.76 Å². The molecule has 1 aromatic carbocycles. The van der Waals surface area contributed by atoms with Gasteiger partial charge in [0, 0.05) is 0 Å². The summed E-state index contributed by atoms with van der Waals surface area (Å²) < 4.78 is 20.2. The van der Waals surface area contributed by atoms with Crippen molar-refractivity contribution in [2.45, 2.75) is 19.3 Å². The summed E-state index contributed by atoms with van der Waals surface area (Å²) in [4.78, 5) is 0.524. The van der Waals surface area contributed by atoms with Gasteiger partial charge in [0.15, 0.2) is 11.1 Å². The van der Waals surface area contributed by atoms with Crippen molar-refractivity contribution in [1.29, 1.82) is 0 Å². The van der Waals surface area contributed by atoms with Gasteiger partial charge in [0.1, 0.15) is 0 Å². The highest BCUT2D eigenvalue weighted by molar-refractivity contribution is 7.83. The lowest BCUT2D eigenvalue weighted by Gasteiger charge is -2.05. The van der Waals surface area contributed by atoms with Crippen LogP contribution in [0.1, 0.15) is 24.8 Å². The lowest BCUT2D eigenvalue weighted by atomic mass is 10.0. The van der Waals surface area contributed by atoms with Crippen molar-refractivity contribution in [3.63, 3.8) is 0 Å². The van der Waals surface area contributed by atoms with Crippen molar-refractivity contribution in [2.24, 2.45) is 0 Å². The highest BCUT2D eigenvalue weighted by atomic mass is 32.2. The van der Waals surface area contributed by atoms with E-state index in [4.69, 9.17) is 4.55 Å². The summed E-state index contributed by atoms with van der Waals surface area (Å²) in [5.41, 5.74) is 2.28. The van der Waals surface area contributed by atoms with Crippen LogP contribution in [0.5, 0.6) is 0 Å². The Labute approximate surface area is 98.0 Å². The number of benzene rings is 1. The summed E-state index contributed by atoms with van der Waals surface area (Å²) in [5.74, 6) is 0. The second-order valence-electron chi connectivity index (χ2n) is 3.78. The molecule has 1 aliphatic rings. The van der Waals surface area contributed by atoms with E-state index < -0.39 is 11.1 Å². The molecule has 1 aliphatic carbocycles. The van der Waals surface area contributed by atoms with Crippen molar-refractivity contribution >= 4 is 16.7 Å². The van der Waals surface area contributed by atoms with Crippen LogP contribution in [0.15, 0.2) is 47.4 Å². The molecule has 0 aromatic heterocycles. The molecule has 1 atom stereocenters. The molecule has 2 nitrogen and oxygen atoms in total. The lowest BCUT2D eigenvalue weighted by molar-refractivity contribution is 0.572. The van der Waals surface area contributed by atoms with Gasteiger partial charge in [0.05, 0.1) is 4.91 Å². The molecule has 84 valence electrons. The zero-order valence-electron chi connectivity index (χ0n) is 8.93. The molecule has 0 saturated carbocycles. The molecular formula is C13H14O2S. The van der Waals surface area contributed by atoms with Crippen LogP contribution in [0.3, 0.4) is 0 Å². The summed E-state index contributed by atoms with van der Waals surface area (Å²) in [6, 6.07) is 10.0. The minimum Gasteiger partial charge on any atom is -0.302 e. The Kier molecular flexibility index (Phi) is 3.70. The molecule has 1 N–H and O–H groups in total. The first-order chi connectivity index (χ1) is 7.77. The molecule has 0 amide bonds. The van der Waals surface area contributed by atoms with Gasteiger partial charge in [0.25, 0.3) is 0 Å². The number of hydrogen-bond donors (Lipinski definition) is 1. The highest BCUT2D eigenvalue weighted by Gasteiger charge is 2.09. The van der Waals surface area contributed by atoms with E-state index in [0.717, 1.165) is 30.4 Å². The molecule has 2 rings (SSSR count). The monoisotopic (exact) mass is 234 g/mol. The van der Waals surface area contributed by atoms with Gasteiger partial charge < -0.3 is 4.55 Å². The van der Waals surface area contributed by atoms with Gasteiger partial charge >= 0.3 is 0 Å². The molecule has 0 radical (unpaired) electrons. The topological polar surface area (TPSA) is 37.3 Å². The van der Waals surface area contributed by atoms with Gasteiger partial charge in [-0.25, -0.2) is 4.21 Å². The van der Waals surface area contributed by atoms with E-state index in [9.17, 15) is 4.21 Å². The van der Waals surface area contributed by atoms with Gasteiger partial charge in [0.2, 0.25) is 0 Å². The Morgan fingerprint density at radius 3 is 2.62 bits per heavy atom. The van der Waals surface area contributed by atoms with E-state index in [2.05, 4.69) is 0 Å². The normalized spacial score (nSPS) is 18.3. The third-order valence-electron chi connectivity index (χ3n) is 2.66. The largest absolute Gasteiger partial charge is 0.302 e. The van der Waals surface area contributed by atoms with Crippen LogP contribution < -0.4 is 0 Å². The Morgan fingerprint density at radius 1 is 1.19 bits per heavy atom. The van der Waals surface area contributed by atoms with Crippen LogP contribution in [-0.4, -0.2) is 8.76 Å². The SMILES string of the molecule is O=S(O)C1=CCCCC(c2ccccc2)=C1. The second-order valence-corrected chi connectivity index (χ2v) is 4.75. The molecule has 0 bridgehead atoms. The first-order valence-corrected chi connectivity index (χ1v) is 6.45. The molecule has 1 unspecified atom stereocenters. The third-order valence-corrected chi connectivity index (χ3v) is 3.35. The molecule has 0 aliphatic heterocycles. The first-order valence-electron chi connectivity index (χ1n) is 5.34. The van der Waals surface area contributed by atoms with Crippen molar-refractivity contribution in [3.05, 3.63) is 53.0 Å². The Hall–Kier alpha value is -1.19. The molecular weight excluding hydrogens is 220 g/mol. The van der Waals surface area contributed by atoms with E-state index in [0.29, 0.717) is 4.91 Å². The van der Waals surface area contributed by atoms with Crippen molar-refractivity contribution in [2.75, 3.05) is 0 Å². The Balaban J connectivity index is 2.34. The minimum atomic E-state index is -1.87. The smallest absolute Gasteiger partial charge is 0.186 e. The highest BCUT2D eigenvalue weighted by Crippen LogP contribution is 2.26. The summed E-state index contributed by atoms with van der Waals surface area (Å²) in [6.07, 6.45) is 6.56. The molecule has 0 saturated heterocycles. The van der Waals surface area contributed by atoms with Crippen LogP contribution in [0, 0.1) is 0 Å². The fraction of sp³-hybridized carbons (Fsp3) is 0.231. The number of rotatable bonds is 2.